The number of amides is 1. The van der Waals surface area contributed by atoms with Gasteiger partial charge >= 0.3 is 5.97 Å². The number of hydrogen-bond acceptors (Lipinski definition) is 3. The lowest BCUT2D eigenvalue weighted by atomic mass is 9.84. The van der Waals surface area contributed by atoms with Crippen molar-refractivity contribution in [2.24, 2.45) is 5.92 Å². The van der Waals surface area contributed by atoms with Gasteiger partial charge in [-0.1, -0.05) is 31.4 Å². The summed E-state index contributed by atoms with van der Waals surface area (Å²) < 4.78 is 5.37. The van der Waals surface area contributed by atoms with Gasteiger partial charge in [-0.25, -0.2) is 0 Å². The van der Waals surface area contributed by atoms with Crippen molar-refractivity contribution in [1.29, 1.82) is 0 Å². The van der Waals surface area contributed by atoms with Crippen LogP contribution in [0.5, 0.6) is 5.75 Å². The SMILES string of the molecule is O=C(CCCNC(=O)C1CC1)Oc1ccc(C2CCCCC2)cc1. The van der Waals surface area contributed by atoms with Crippen molar-refractivity contribution < 1.29 is 14.3 Å². The third kappa shape index (κ3) is 5.08. The Labute approximate surface area is 144 Å². The molecule has 4 nitrogen and oxygen atoms in total. The van der Waals surface area contributed by atoms with Crippen LogP contribution in [-0.2, 0) is 9.59 Å². The standard InChI is InChI=1S/C20H27NO3/c22-19(7-4-14-21-20(23)17-8-9-17)24-18-12-10-16(11-13-18)15-5-2-1-3-6-15/h10-13,15,17H,1-9,14H2,(H,21,23). The van der Waals surface area contributed by atoms with Crippen molar-refractivity contribution in [3.8, 4) is 5.75 Å². The van der Waals surface area contributed by atoms with Gasteiger partial charge in [-0.2, -0.15) is 0 Å². The fourth-order valence-electron chi connectivity index (χ4n) is 3.36. The second kappa shape index (κ2) is 8.32. The van der Waals surface area contributed by atoms with E-state index in [9.17, 15) is 9.59 Å². The largest absolute Gasteiger partial charge is 0.427 e. The summed E-state index contributed by atoms with van der Waals surface area (Å²) in [6.07, 6.45) is 9.49. The van der Waals surface area contributed by atoms with E-state index in [1.54, 1.807) is 0 Å². The molecule has 2 fully saturated rings. The minimum Gasteiger partial charge on any atom is -0.427 e. The zero-order valence-corrected chi connectivity index (χ0v) is 14.3. The Kier molecular flexibility index (Phi) is 5.89. The van der Waals surface area contributed by atoms with E-state index in [1.807, 2.05) is 12.1 Å². The first-order chi connectivity index (χ1) is 11.7. The first-order valence-electron chi connectivity index (χ1n) is 9.31. The lowest BCUT2D eigenvalue weighted by Gasteiger charge is -2.22. The van der Waals surface area contributed by atoms with Crippen LogP contribution in [0.15, 0.2) is 24.3 Å². The van der Waals surface area contributed by atoms with E-state index in [4.69, 9.17) is 4.74 Å². The second-order valence-corrected chi connectivity index (χ2v) is 7.05. The quantitative estimate of drug-likeness (QED) is 0.468. The number of nitrogens with one attached hydrogen (secondary N) is 1. The maximum atomic E-state index is 11.9. The highest BCUT2D eigenvalue weighted by molar-refractivity contribution is 5.80. The Morgan fingerprint density at radius 2 is 1.71 bits per heavy atom. The van der Waals surface area contributed by atoms with Gasteiger partial charge in [0.05, 0.1) is 0 Å². The summed E-state index contributed by atoms with van der Waals surface area (Å²) in [5.74, 6) is 1.39. The van der Waals surface area contributed by atoms with Crippen molar-refractivity contribution in [3.05, 3.63) is 29.8 Å². The predicted octanol–water partition coefficient (Wildman–Crippen LogP) is 3.95. The van der Waals surface area contributed by atoms with Crippen molar-refractivity contribution in [2.45, 2.75) is 63.7 Å². The van der Waals surface area contributed by atoms with Gasteiger partial charge in [0.2, 0.25) is 5.91 Å². The van der Waals surface area contributed by atoms with Gasteiger partial charge < -0.3 is 10.1 Å². The van der Waals surface area contributed by atoms with Crippen LogP contribution in [0.25, 0.3) is 0 Å². The average molecular weight is 329 g/mol. The monoisotopic (exact) mass is 329 g/mol. The molecule has 130 valence electrons. The molecule has 0 bridgehead atoms. The minimum atomic E-state index is -0.235. The van der Waals surface area contributed by atoms with Crippen LogP contribution >= 0.6 is 0 Å². The van der Waals surface area contributed by atoms with Crippen molar-refractivity contribution in [2.75, 3.05) is 6.54 Å². The summed E-state index contributed by atoms with van der Waals surface area (Å²) in [6.45, 7) is 0.547. The van der Waals surface area contributed by atoms with Crippen LogP contribution in [0.3, 0.4) is 0 Å². The second-order valence-electron chi connectivity index (χ2n) is 7.05. The zero-order chi connectivity index (χ0) is 16.8. The molecule has 4 heteroatoms. The molecule has 0 aromatic heterocycles. The van der Waals surface area contributed by atoms with Crippen molar-refractivity contribution >= 4 is 11.9 Å². The van der Waals surface area contributed by atoms with Gasteiger partial charge in [0, 0.05) is 18.9 Å². The molecule has 0 radical (unpaired) electrons. The highest BCUT2D eigenvalue weighted by atomic mass is 16.5. The van der Waals surface area contributed by atoms with E-state index in [0.717, 1.165) is 12.8 Å². The molecule has 0 saturated heterocycles. The molecular formula is C20H27NO3. The molecule has 2 aliphatic carbocycles. The maximum absolute atomic E-state index is 11.9. The van der Waals surface area contributed by atoms with Gasteiger partial charge in [0.25, 0.3) is 0 Å². The Morgan fingerprint density at radius 3 is 2.38 bits per heavy atom. The number of carbonyl (C=O) groups is 2. The van der Waals surface area contributed by atoms with E-state index in [0.29, 0.717) is 31.1 Å². The third-order valence-corrected chi connectivity index (χ3v) is 4.99. The molecule has 1 aromatic rings. The normalized spacial score (nSPS) is 18.2. The minimum absolute atomic E-state index is 0.127. The Morgan fingerprint density at radius 1 is 1.00 bits per heavy atom. The van der Waals surface area contributed by atoms with Gasteiger partial charge in [-0.3, -0.25) is 9.59 Å². The summed E-state index contributed by atoms with van der Waals surface area (Å²) >= 11 is 0. The summed E-state index contributed by atoms with van der Waals surface area (Å²) in [4.78, 5) is 23.3. The molecule has 1 N–H and O–H groups in total. The smallest absolute Gasteiger partial charge is 0.311 e. The number of benzene rings is 1. The van der Waals surface area contributed by atoms with Gasteiger partial charge in [0.15, 0.2) is 0 Å². The zero-order valence-electron chi connectivity index (χ0n) is 14.3. The molecule has 2 saturated carbocycles. The Bertz CT molecular complexity index is 557. The highest BCUT2D eigenvalue weighted by Crippen LogP contribution is 2.33. The van der Waals surface area contributed by atoms with Crippen molar-refractivity contribution in [1.82, 2.24) is 5.32 Å². The van der Waals surface area contributed by atoms with Gasteiger partial charge in [-0.15, -0.1) is 0 Å². The molecule has 0 heterocycles. The van der Waals surface area contributed by atoms with E-state index >= 15 is 0 Å². The van der Waals surface area contributed by atoms with Crippen molar-refractivity contribution in [3.63, 3.8) is 0 Å². The molecule has 3 rings (SSSR count). The summed E-state index contributed by atoms with van der Waals surface area (Å²) in [7, 11) is 0. The number of ether oxygens (including phenoxy) is 1. The summed E-state index contributed by atoms with van der Waals surface area (Å²) in [6, 6.07) is 7.98. The van der Waals surface area contributed by atoms with E-state index in [1.165, 1.54) is 37.7 Å². The fraction of sp³-hybridized carbons (Fsp3) is 0.600. The van der Waals surface area contributed by atoms with Crippen LogP contribution in [0.4, 0.5) is 0 Å². The molecule has 0 aliphatic heterocycles. The molecule has 0 spiro atoms. The molecule has 2 aliphatic rings. The van der Waals surface area contributed by atoms with Crippen LogP contribution in [0, 0.1) is 5.92 Å². The highest BCUT2D eigenvalue weighted by Gasteiger charge is 2.29. The number of esters is 1. The topological polar surface area (TPSA) is 55.4 Å². The lowest BCUT2D eigenvalue weighted by Crippen LogP contribution is -2.26. The number of carbonyl (C=O) groups excluding carboxylic acids is 2. The summed E-state index contributed by atoms with van der Waals surface area (Å²) in [5.41, 5.74) is 1.36. The number of rotatable bonds is 7. The van der Waals surface area contributed by atoms with Crippen LogP contribution in [0.2, 0.25) is 0 Å². The predicted molar refractivity (Wildman–Crippen MR) is 92.9 cm³/mol. The average Bonchev–Trinajstić information content (AvgIpc) is 3.45. The molecule has 0 unspecified atom stereocenters. The van der Waals surface area contributed by atoms with Crippen LogP contribution in [-0.4, -0.2) is 18.4 Å². The van der Waals surface area contributed by atoms with Gasteiger partial charge in [-0.05, 0) is 55.7 Å². The van der Waals surface area contributed by atoms with E-state index in [2.05, 4.69) is 17.4 Å². The third-order valence-electron chi connectivity index (χ3n) is 4.99. The molecule has 1 aromatic carbocycles. The van der Waals surface area contributed by atoms with Crippen LogP contribution < -0.4 is 10.1 Å². The first-order valence-corrected chi connectivity index (χ1v) is 9.31. The molecule has 0 atom stereocenters. The maximum Gasteiger partial charge on any atom is 0.311 e. The summed E-state index contributed by atoms with van der Waals surface area (Å²) in [5, 5.41) is 2.86. The van der Waals surface area contributed by atoms with Crippen LogP contribution in [0.1, 0.15) is 69.3 Å². The molecule has 1 amide bonds. The fourth-order valence-corrected chi connectivity index (χ4v) is 3.36. The Hall–Kier alpha value is -1.84. The Balaban J connectivity index is 1.36. The molecular weight excluding hydrogens is 302 g/mol. The van der Waals surface area contributed by atoms with E-state index in [-0.39, 0.29) is 17.8 Å². The molecule has 24 heavy (non-hydrogen) atoms. The van der Waals surface area contributed by atoms with E-state index < -0.39 is 0 Å². The first kappa shape index (κ1) is 17.0. The lowest BCUT2D eigenvalue weighted by molar-refractivity contribution is -0.134. The van der Waals surface area contributed by atoms with Gasteiger partial charge in [0.1, 0.15) is 5.75 Å². The number of hydrogen-bond donors (Lipinski definition) is 1.